The first-order valence-corrected chi connectivity index (χ1v) is 9.23. The van der Waals surface area contributed by atoms with Crippen LogP contribution in [-0.2, 0) is 23.1 Å². The van der Waals surface area contributed by atoms with Gasteiger partial charge < -0.3 is 5.32 Å². The predicted molar refractivity (Wildman–Crippen MR) is 83.7 cm³/mol. The summed E-state index contributed by atoms with van der Waals surface area (Å²) in [5.41, 5.74) is 1.00. The van der Waals surface area contributed by atoms with Crippen LogP contribution in [0.2, 0.25) is 0 Å². The van der Waals surface area contributed by atoms with E-state index >= 15 is 0 Å². The summed E-state index contributed by atoms with van der Waals surface area (Å²) in [5.74, 6) is 0. The molecule has 0 atom stereocenters. The van der Waals surface area contributed by atoms with E-state index in [0.29, 0.717) is 23.8 Å². The topological polar surface area (TPSA) is 76.0 Å². The lowest BCUT2D eigenvalue weighted by Gasteiger charge is -2.04. The van der Waals surface area contributed by atoms with Gasteiger partial charge in [0.25, 0.3) is 0 Å². The molecule has 0 bridgehead atoms. The highest BCUT2D eigenvalue weighted by Crippen LogP contribution is 2.19. The fourth-order valence-electron chi connectivity index (χ4n) is 1.79. The molecular weight excluding hydrogens is 308 g/mol. The number of rotatable bonds is 9. The predicted octanol–water partition coefficient (Wildman–Crippen LogP) is 1.42. The quantitative estimate of drug-likeness (QED) is 0.683. The van der Waals surface area contributed by atoms with Crippen molar-refractivity contribution in [3.8, 4) is 0 Å². The monoisotopic (exact) mass is 328 g/mol. The van der Waals surface area contributed by atoms with Crippen LogP contribution in [0, 0.1) is 0 Å². The third-order valence-electron chi connectivity index (χ3n) is 2.84. The van der Waals surface area contributed by atoms with Crippen LogP contribution in [0.15, 0.2) is 34.1 Å². The van der Waals surface area contributed by atoms with E-state index < -0.39 is 10.0 Å². The van der Waals surface area contributed by atoms with Crippen molar-refractivity contribution in [1.29, 1.82) is 0 Å². The molecule has 0 saturated heterocycles. The SMILES string of the molecule is CCCNCc1csc(S(=O)(=O)NCCn2cccn2)c1. The number of aromatic nitrogens is 2. The minimum Gasteiger partial charge on any atom is -0.313 e. The number of sulfonamides is 1. The Morgan fingerprint density at radius 2 is 2.24 bits per heavy atom. The molecule has 0 amide bonds. The second-order valence-electron chi connectivity index (χ2n) is 4.62. The number of hydrogen-bond acceptors (Lipinski definition) is 5. The van der Waals surface area contributed by atoms with E-state index in [1.807, 2.05) is 11.4 Å². The summed E-state index contributed by atoms with van der Waals surface area (Å²) in [5, 5.41) is 9.17. The standard InChI is InChI=1S/C13H20N4O2S2/c1-2-4-14-10-12-9-13(20-11-12)21(18,19)16-6-8-17-7-3-5-15-17/h3,5,7,9,11,14,16H,2,4,6,8,10H2,1H3. The van der Waals surface area contributed by atoms with Gasteiger partial charge in [0, 0.05) is 25.5 Å². The van der Waals surface area contributed by atoms with Gasteiger partial charge in [0.1, 0.15) is 4.21 Å². The Balaban J connectivity index is 1.86. The molecule has 0 spiro atoms. The lowest BCUT2D eigenvalue weighted by molar-refractivity contribution is 0.562. The van der Waals surface area contributed by atoms with Gasteiger partial charge in [0.15, 0.2) is 0 Å². The average Bonchev–Trinajstić information content (AvgIpc) is 3.10. The Kier molecular flexibility index (Phi) is 5.92. The maximum absolute atomic E-state index is 12.2. The van der Waals surface area contributed by atoms with Gasteiger partial charge in [0.05, 0.1) is 6.54 Å². The lowest BCUT2D eigenvalue weighted by atomic mass is 10.3. The lowest BCUT2D eigenvalue weighted by Crippen LogP contribution is -2.27. The van der Waals surface area contributed by atoms with Crippen molar-refractivity contribution in [2.45, 2.75) is 30.6 Å². The third kappa shape index (κ3) is 4.92. The molecule has 2 heterocycles. The highest BCUT2D eigenvalue weighted by atomic mass is 32.2. The molecule has 0 fully saturated rings. The van der Waals surface area contributed by atoms with Crippen molar-refractivity contribution < 1.29 is 8.42 Å². The minimum absolute atomic E-state index is 0.325. The van der Waals surface area contributed by atoms with Crippen LogP contribution in [0.25, 0.3) is 0 Å². The molecule has 0 aliphatic heterocycles. The third-order valence-corrected chi connectivity index (χ3v) is 5.79. The Hall–Kier alpha value is -1.22. The molecule has 6 nitrogen and oxygen atoms in total. The first kappa shape index (κ1) is 16.2. The van der Waals surface area contributed by atoms with Crippen LogP contribution < -0.4 is 10.0 Å². The number of nitrogens with one attached hydrogen (secondary N) is 2. The van der Waals surface area contributed by atoms with E-state index in [1.165, 1.54) is 11.3 Å². The largest absolute Gasteiger partial charge is 0.313 e. The van der Waals surface area contributed by atoms with Crippen molar-refractivity contribution in [3.63, 3.8) is 0 Å². The van der Waals surface area contributed by atoms with Crippen molar-refractivity contribution >= 4 is 21.4 Å². The van der Waals surface area contributed by atoms with E-state index in [4.69, 9.17) is 0 Å². The van der Waals surface area contributed by atoms with E-state index in [1.54, 1.807) is 23.1 Å². The zero-order chi connectivity index (χ0) is 15.1. The van der Waals surface area contributed by atoms with Crippen LogP contribution in [0.4, 0.5) is 0 Å². The normalized spacial score (nSPS) is 11.9. The van der Waals surface area contributed by atoms with Crippen molar-refractivity contribution in [1.82, 2.24) is 19.8 Å². The van der Waals surface area contributed by atoms with Gasteiger partial charge in [-0.3, -0.25) is 4.68 Å². The van der Waals surface area contributed by atoms with Crippen molar-refractivity contribution in [3.05, 3.63) is 35.5 Å². The molecular formula is C13H20N4O2S2. The van der Waals surface area contributed by atoms with Crippen LogP contribution >= 0.6 is 11.3 Å². The molecule has 21 heavy (non-hydrogen) atoms. The van der Waals surface area contributed by atoms with Crippen molar-refractivity contribution in [2.75, 3.05) is 13.1 Å². The van der Waals surface area contributed by atoms with E-state index in [-0.39, 0.29) is 0 Å². The molecule has 0 aromatic carbocycles. The van der Waals surface area contributed by atoms with Crippen molar-refractivity contribution in [2.24, 2.45) is 0 Å². The van der Waals surface area contributed by atoms with Gasteiger partial charge in [-0.1, -0.05) is 6.92 Å². The molecule has 2 aromatic rings. The van der Waals surface area contributed by atoms with Gasteiger partial charge in [-0.2, -0.15) is 5.10 Å². The molecule has 116 valence electrons. The maximum Gasteiger partial charge on any atom is 0.250 e. The highest BCUT2D eigenvalue weighted by molar-refractivity contribution is 7.91. The Labute approximate surface area is 129 Å². The smallest absolute Gasteiger partial charge is 0.250 e. The summed E-state index contributed by atoms with van der Waals surface area (Å²) in [6, 6.07) is 3.53. The Bertz CT molecular complexity index is 635. The Morgan fingerprint density at radius 3 is 2.95 bits per heavy atom. The molecule has 2 aromatic heterocycles. The number of thiophene rings is 1. The number of hydrogen-bond donors (Lipinski definition) is 2. The summed E-state index contributed by atoms with van der Waals surface area (Å²) in [4.78, 5) is 0. The summed E-state index contributed by atoms with van der Waals surface area (Å²) in [6.07, 6.45) is 4.53. The zero-order valence-corrected chi connectivity index (χ0v) is 13.6. The summed E-state index contributed by atoms with van der Waals surface area (Å²) < 4.78 is 29.0. The van der Waals surface area contributed by atoms with Gasteiger partial charge in [-0.25, -0.2) is 13.1 Å². The molecule has 2 N–H and O–H groups in total. The first-order valence-electron chi connectivity index (χ1n) is 6.87. The molecule has 0 aliphatic carbocycles. The molecule has 0 aliphatic rings. The fraction of sp³-hybridized carbons (Fsp3) is 0.462. The average molecular weight is 328 g/mol. The molecule has 2 rings (SSSR count). The molecule has 0 unspecified atom stereocenters. The molecule has 0 saturated carbocycles. The maximum atomic E-state index is 12.2. The molecule has 0 radical (unpaired) electrons. The number of nitrogens with zero attached hydrogens (tertiary/aromatic N) is 2. The van der Waals surface area contributed by atoms with E-state index in [9.17, 15) is 8.42 Å². The van der Waals surface area contributed by atoms with Crippen LogP contribution in [0.3, 0.4) is 0 Å². The summed E-state index contributed by atoms with van der Waals surface area (Å²) in [6.45, 7) is 4.57. The van der Waals surface area contributed by atoms with Gasteiger partial charge in [0.2, 0.25) is 10.0 Å². The molecule has 8 heteroatoms. The summed E-state index contributed by atoms with van der Waals surface area (Å²) >= 11 is 1.25. The van der Waals surface area contributed by atoms with Crippen LogP contribution in [0.1, 0.15) is 18.9 Å². The summed E-state index contributed by atoms with van der Waals surface area (Å²) in [7, 11) is -3.42. The second-order valence-corrected chi connectivity index (χ2v) is 7.52. The first-order chi connectivity index (χ1) is 10.1. The van der Waals surface area contributed by atoms with Gasteiger partial charge in [-0.15, -0.1) is 11.3 Å². The highest BCUT2D eigenvalue weighted by Gasteiger charge is 2.16. The van der Waals surface area contributed by atoms with Crippen LogP contribution in [-0.4, -0.2) is 31.3 Å². The zero-order valence-electron chi connectivity index (χ0n) is 11.9. The van der Waals surface area contributed by atoms with Gasteiger partial charge >= 0.3 is 0 Å². The van der Waals surface area contributed by atoms with E-state index in [2.05, 4.69) is 22.1 Å². The minimum atomic E-state index is -3.42. The Morgan fingerprint density at radius 1 is 1.38 bits per heavy atom. The van der Waals surface area contributed by atoms with Crippen LogP contribution in [0.5, 0.6) is 0 Å². The second kappa shape index (κ2) is 7.69. The fourth-order valence-corrected chi connectivity index (χ4v) is 4.07. The van der Waals surface area contributed by atoms with E-state index in [0.717, 1.165) is 18.5 Å². The van der Waals surface area contributed by atoms with Gasteiger partial charge in [-0.05, 0) is 36.0 Å².